The summed E-state index contributed by atoms with van der Waals surface area (Å²) in [5, 5.41) is 3.56. The number of aryl methyl sites for hydroxylation is 1. The molecule has 0 aliphatic carbocycles. The molecule has 1 saturated heterocycles. The van der Waals surface area contributed by atoms with Crippen molar-refractivity contribution in [3.63, 3.8) is 0 Å². The maximum absolute atomic E-state index is 6.16. The minimum Gasteiger partial charge on any atom is -0.496 e. The van der Waals surface area contributed by atoms with Crippen LogP contribution in [0.2, 0.25) is 0 Å². The number of para-hydroxylation sites is 1. The summed E-state index contributed by atoms with van der Waals surface area (Å²) in [6.07, 6.45) is 2.39. The summed E-state index contributed by atoms with van der Waals surface area (Å²) in [6, 6.07) is 16.8. The van der Waals surface area contributed by atoms with E-state index in [4.69, 9.17) is 9.47 Å². The van der Waals surface area contributed by atoms with Crippen molar-refractivity contribution in [2.45, 2.75) is 32.4 Å². The highest BCUT2D eigenvalue weighted by atomic mass is 127. The smallest absolute Gasteiger partial charge is 0.193 e. The van der Waals surface area contributed by atoms with Gasteiger partial charge in [-0.1, -0.05) is 48.0 Å². The Morgan fingerprint density at radius 2 is 1.93 bits per heavy atom. The summed E-state index contributed by atoms with van der Waals surface area (Å²) < 4.78 is 11.6. The molecule has 2 aromatic carbocycles. The van der Waals surface area contributed by atoms with Crippen molar-refractivity contribution in [1.29, 1.82) is 0 Å². The van der Waals surface area contributed by atoms with E-state index in [-0.39, 0.29) is 30.1 Å². The van der Waals surface area contributed by atoms with E-state index in [2.05, 4.69) is 59.5 Å². The lowest BCUT2D eigenvalue weighted by molar-refractivity contribution is -0.0266. The normalized spacial score (nSPS) is 19.0. The molecular formula is C24H34IN3O2. The van der Waals surface area contributed by atoms with Gasteiger partial charge in [0.15, 0.2) is 5.96 Å². The topological polar surface area (TPSA) is 46.1 Å². The number of methoxy groups -OCH3 is 1. The molecule has 0 aromatic heterocycles. The Morgan fingerprint density at radius 1 is 1.20 bits per heavy atom. The first-order chi connectivity index (χ1) is 14.1. The Balaban J connectivity index is 0.00000320. The Bertz CT molecular complexity index is 810. The van der Waals surface area contributed by atoms with E-state index >= 15 is 0 Å². The summed E-state index contributed by atoms with van der Waals surface area (Å²) in [5.41, 5.74) is 3.68. The molecule has 1 aliphatic rings. The minimum atomic E-state index is 0. The SMILES string of the molecule is CN=C(NCC1CCCOC1c1ccc(C)cc1)N(C)Cc1ccccc1OC.I. The van der Waals surface area contributed by atoms with Crippen LogP contribution in [0.25, 0.3) is 0 Å². The molecule has 1 aliphatic heterocycles. The zero-order valence-electron chi connectivity index (χ0n) is 18.4. The third kappa shape index (κ3) is 6.35. The summed E-state index contributed by atoms with van der Waals surface area (Å²) in [5.74, 6) is 2.20. The van der Waals surface area contributed by atoms with Gasteiger partial charge in [0, 0.05) is 45.3 Å². The first-order valence-electron chi connectivity index (χ1n) is 10.3. The molecule has 164 valence electrons. The van der Waals surface area contributed by atoms with Gasteiger partial charge >= 0.3 is 0 Å². The number of aliphatic imine (C=N–C) groups is 1. The van der Waals surface area contributed by atoms with Crippen molar-refractivity contribution in [2.24, 2.45) is 10.9 Å². The van der Waals surface area contributed by atoms with Crippen LogP contribution < -0.4 is 10.1 Å². The first-order valence-corrected chi connectivity index (χ1v) is 10.3. The van der Waals surface area contributed by atoms with E-state index in [1.165, 1.54) is 11.1 Å². The van der Waals surface area contributed by atoms with Gasteiger partial charge in [-0.3, -0.25) is 4.99 Å². The predicted molar refractivity (Wildman–Crippen MR) is 134 cm³/mol. The molecule has 30 heavy (non-hydrogen) atoms. The molecule has 0 bridgehead atoms. The van der Waals surface area contributed by atoms with Gasteiger partial charge in [-0.25, -0.2) is 0 Å². The van der Waals surface area contributed by atoms with Crippen LogP contribution in [0, 0.1) is 12.8 Å². The number of nitrogens with one attached hydrogen (secondary N) is 1. The van der Waals surface area contributed by atoms with Crippen LogP contribution in [0.4, 0.5) is 0 Å². The van der Waals surface area contributed by atoms with Crippen molar-refractivity contribution in [3.05, 3.63) is 65.2 Å². The highest BCUT2D eigenvalue weighted by Crippen LogP contribution is 2.33. The average molecular weight is 523 g/mol. The summed E-state index contributed by atoms with van der Waals surface area (Å²) in [6.45, 7) is 4.51. The molecule has 2 aromatic rings. The second-order valence-electron chi connectivity index (χ2n) is 7.70. The van der Waals surface area contributed by atoms with E-state index in [0.717, 1.165) is 49.8 Å². The Labute approximate surface area is 197 Å². The van der Waals surface area contributed by atoms with Crippen LogP contribution in [-0.4, -0.2) is 45.2 Å². The Kier molecular flexibility index (Phi) is 9.91. The number of hydrogen-bond acceptors (Lipinski definition) is 3. The second kappa shape index (κ2) is 12.2. The van der Waals surface area contributed by atoms with Gasteiger partial charge in [0.2, 0.25) is 0 Å². The van der Waals surface area contributed by atoms with Crippen molar-refractivity contribution >= 4 is 29.9 Å². The number of guanidine groups is 1. The third-order valence-corrected chi connectivity index (χ3v) is 5.55. The third-order valence-electron chi connectivity index (χ3n) is 5.55. The van der Waals surface area contributed by atoms with E-state index in [0.29, 0.717) is 5.92 Å². The lowest BCUT2D eigenvalue weighted by atomic mass is 9.89. The molecule has 1 heterocycles. The van der Waals surface area contributed by atoms with Gasteiger partial charge in [-0.15, -0.1) is 24.0 Å². The number of hydrogen-bond donors (Lipinski definition) is 1. The molecule has 6 heteroatoms. The van der Waals surface area contributed by atoms with Crippen LogP contribution in [0.5, 0.6) is 5.75 Å². The van der Waals surface area contributed by atoms with Gasteiger partial charge in [-0.2, -0.15) is 0 Å². The number of benzene rings is 2. The number of nitrogens with zero attached hydrogens (tertiary/aromatic N) is 2. The van der Waals surface area contributed by atoms with E-state index in [1.807, 2.05) is 25.2 Å². The standard InChI is InChI=1S/C24H33N3O2.HI/c1-18-11-13-19(14-12-18)23-20(9-7-15-29-23)16-26-24(25-2)27(3)17-21-8-5-6-10-22(21)28-4;/h5-6,8,10-14,20,23H,7,9,15-17H2,1-4H3,(H,25,26);1H. The summed E-state index contributed by atoms with van der Waals surface area (Å²) in [4.78, 5) is 6.61. The lowest BCUT2D eigenvalue weighted by Gasteiger charge is -2.33. The molecule has 0 saturated carbocycles. The molecule has 0 radical (unpaired) electrons. The molecule has 2 unspecified atom stereocenters. The molecule has 1 fully saturated rings. The van der Waals surface area contributed by atoms with E-state index in [1.54, 1.807) is 7.11 Å². The molecule has 5 nitrogen and oxygen atoms in total. The molecule has 3 rings (SSSR count). The van der Waals surface area contributed by atoms with Crippen molar-refractivity contribution in [1.82, 2.24) is 10.2 Å². The van der Waals surface area contributed by atoms with Crippen molar-refractivity contribution < 1.29 is 9.47 Å². The van der Waals surface area contributed by atoms with Gasteiger partial charge in [0.1, 0.15) is 5.75 Å². The van der Waals surface area contributed by atoms with Crippen molar-refractivity contribution in [2.75, 3.05) is 34.4 Å². The summed E-state index contributed by atoms with van der Waals surface area (Å²) >= 11 is 0. The zero-order valence-corrected chi connectivity index (χ0v) is 20.8. The quantitative estimate of drug-likeness (QED) is 0.336. The minimum absolute atomic E-state index is 0. The fourth-order valence-electron chi connectivity index (χ4n) is 3.95. The van der Waals surface area contributed by atoms with Crippen LogP contribution >= 0.6 is 24.0 Å². The highest BCUT2D eigenvalue weighted by Gasteiger charge is 2.27. The maximum atomic E-state index is 6.16. The maximum Gasteiger partial charge on any atom is 0.193 e. The fourth-order valence-corrected chi connectivity index (χ4v) is 3.95. The fraction of sp³-hybridized carbons (Fsp3) is 0.458. The zero-order chi connectivity index (χ0) is 20.6. The van der Waals surface area contributed by atoms with E-state index < -0.39 is 0 Å². The number of ether oxygens (including phenoxy) is 2. The Morgan fingerprint density at radius 3 is 2.63 bits per heavy atom. The van der Waals surface area contributed by atoms with Crippen molar-refractivity contribution in [3.8, 4) is 5.75 Å². The van der Waals surface area contributed by atoms with Crippen LogP contribution in [-0.2, 0) is 11.3 Å². The monoisotopic (exact) mass is 523 g/mol. The summed E-state index contributed by atoms with van der Waals surface area (Å²) in [7, 11) is 5.59. The lowest BCUT2D eigenvalue weighted by Crippen LogP contribution is -2.42. The molecule has 0 amide bonds. The first kappa shape index (κ1) is 24.5. The van der Waals surface area contributed by atoms with Gasteiger partial charge in [-0.05, 0) is 31.4 Å². The second-order valence-corrected chi connectivity index (χ2v) is 7.70. The van der Waals surface area contributed by atoms with Gasteiger partial charge in [0.25, 0.3) is 0 Å². The average Bonchev–Trinajstić information content (AvgIpc) is 2.75. The number of rotatable bonds is 6. The van der Waals surface area contributed by atoms with Crippen LogP contribution in [0.15, 0.2) is 53.5 Å². The molecule has 0 spiro atoms. The van der Waals surface area contributed by atoms with Gasteiger partial charge < -0.3 is 19.7 Å². The largest absolute Gasteiger partial charge is 0.496 e. The number of halogens is 1. The highest BCUT2D eigenvalue weighted by molar-refractivity contribution is 14.0. The van der Waals surface area contributed by atoms with Gasteiger partial charge in [0.05, 0.1) is 13.2 Å². The van der Waals surface area contributed by atoms with Crippen LogP contribution in [0.1, 0.15) is 35.6 Å². The Hall–Kier alpha value is -1.80. The van der Waals surface area contributed by atoms with E-state index in [9.17, 15) is 0 Å². The molecule has 1 N–H and O–H groups in total. The molecular weight excluding hydrogens is 489 g/mol. The predicted octanol–water partition coefficient (Wildman–Crippen LogP) is 4.80. The molecule has 2 atom stereocenters. The van der Waals surface area contributed by atoms with Crippen LogP contribution in [0.3, 0.4) is 0 Å².